The fourth-order valence-corrected chi connectivity index (χ4v) is 0.636. The topological polar surface area (TPSA) is 19.9 Å². The second-order valence-electron chi connectivity index (χ2n) is 2.81. The van der Waals surface area contributed by atoms with Gasteiger partial charge in [-0.1, -0.05) is 0 Å². The van der Waals surface area contributed by atoms with Crippen LogP contribution in [-0.4, -0.2) is 23.9 Å². The van der Waals surface area contributed by atoms with E-state index < -0.39 is 35.8 Å². The van der Waals surface area contributed by atoms with Crippen molar-refractivity contribution in [2.45, 2.75) is 23.9 Å². The average Bonchev–Trinajstić information content (AvgIpc) is 2.13. The Morgan fingerprint density at radius 3 is 1.22 bits per heavy atom. The van der Waals surface area contributed by atoms with Gasteiger partial charge in [-0.2, -0.15) is 48.3 Å². The van der Waals surface area contributed by atoms with Crippen molar-refractivity contribution < 1.29 is 53.4 Å². The maximum absolute atomic E-state index is 12.3. The minimum atomic E-state index is -7.38. The minimum absolute atomic E-state index is 3.89. The van der Waals surface area contributed by atoms with E-state index in [1.807, 2.05) is 0 Å². The summed E-state index contributed by atoms with van der Waals surface area (Å²) >= 11 is 0. The average molecular weight is 297 g/mol. The zero-order valence-corrected chi connectivity index (χ0v) is 7.57. The minimum Gasteiger partial charge on any atom is -0.253 e. The second-order valence-corrected chi connectivity index (χ2v) is 2.81. The molecular weight excluding hydrogens is 297 g/mol. The van der Waals surface area contributed by atoms with Crippen LogP contribution in [-0.2, 0) is 5.11 Å². The molecule has 0 heterocycles. The molecule has 1 nitrogen and oxygen atoms in total. The Morgan fingerprint density at radius 1 is 0.667 bits per heavy atom. The predicted octanol–water partition coefficient (Wildman–Crippen LogP) is 3.99. The van der Waals surface area contributed by atoms with E-state index in [1.165, 1.54) is 0 Å². The Labute approximate surface area is 90.5 Å². The summed E-state index contributed by atoms with van der Waals surface area (Å²) in [6.07, 6.45) is -7.17. The molecule has 0 aliphatic heterocycles. The van der Waals surface area contributed by atoms with Gasteiger partial charge < -0.3 is 0 Å². The number of rotatable bonds is 3. The van der Waals surface area contributed by atoms with Crippen molar-refractivity contribution in [2.75, 3.05) is 0 Å². The van der Waals surface area contributed by atoms with Crippen LogP contribution in [0.5, 0.6) is 0 Å². The summed E-state index contributed by atoms with van der Waals surface area (Å²) in [5.74, 6) is -26.0. The van der Waals surface area contributed by atoms with Gasteiger partial charge in [-0.25, -0.2) is 0 Å². The van der Waals surface area contributed by atoms with Crippen LogP contribution in [0.25, 0.3) is 0 Å². The summed E-state index contributed by atoms with van der Waals surface area (Å²) in [5, 5.41) is 9.40. The van der Waals surface area contributed by atoms with Gasteiger partial charge in [-0.15, -0.1) is 0 Å². The van der Waals surface area contributed by atoms with E-state index in [-0.39, 0.29) is 0 Å². The van der Waals surface area contributed by atoms with E-state index in [1.54, 1.807) is 0 Å². The highest BCUT2D eigenvalue weighted by atomic mass is 19.4. The Kier molecular flexibility index (Phi) is 3.87. The van der Waals surface area contributed by atoms with Gasteiger partial charge in [0, 0.05) is 0 Å². The molecule has 0 rings (SSSR count). The summed E-state index contributed by atoms with van der Waals surface area (Å²) in [5.41, 5.74) is 0. The zero-order valence-electron chi connectivity index (χ0n) is 7.57. The summed E-state index contributed by atoms with van der Waals surface area (Å²) in [6, 6.07) is -3.89. The van der Waals surface area contributed by atoms with Crippen LogP contribution < -0.4 is 0 Å². The molecule has 0 aromatic rings. The first-order chi connectivity index (χ1) is 7.60. The van der Waals surface area contributed by atoms with E-state index in [2.05, 4.69) is 0 Å². The van der Waals surface area contributed by atoms with E-state index in [0.717, 1.165) is 0 Å². The lowest BCUT2D eigenvalue weighted by atomic mass is 10.0. The van der Waals surface area contributed by atoms with Crippen molar-refractivity contribution in [3.8, 4) is 0 Å². The number of allylic oxidation sites excluding steroid dienone is 1. The summed E-state index contributed by atoms with van der Waals surface area (Å²) < 4.78 is 131. The first-order valence-electron chi connectivity index (χ1n) is 3.53. The molecule has 1 radical (unpaired) electrons. The van der Waals surface area contributed by atoms with Crippen molar-refractivity contribution in [3.05, 3.63) is 11.8 Å². The highest BCUT2D eigenvalue weighted by molar-refractivity contribution is 5.15. The van der Waals surface area contributed by atoms with Crippen molar-refractivity contribution >= 4 is 0 Å². The van der Waals surface area contributed by atoms with Crippen LogP contribution >= 0.6 is 0 Å². The molecule has 0 aromatic carbocycles. The van der Waals surface area contributed by atoms with Crippen LogP contribution in [0.15, 0.2) is 11.8 Å². The van der Waals surface area contributed by atoms with E-state index in [4.69, 9.17) is 0 Å². The van der Waals surface area contributed by atoms with Gasteiger partial charge in [0.25, 0.3) is 5.83 Å². The standard InChI is InChI=1S/C6F11O/c7-1(2(8)18)3(9,10)4(11,12)5(13,14)6(15,16)17. The van der Waals surface area contributed by atoms with Gasteiger partial charge in [0.05, 0.1) is 0 Å². The van der Waals surface area contributed by atoms with Crippen molar-refractivity contribution in [1.29, 1.82) is 0 Å². The molecular formula is C6F11O. The third-order valence-electron chi connectivity index (χ3n) is 1.59. The van der Waals surface area contributed by atoms with Gasteiger partial charge in [0.15, 0.2) is 0 Å². The first kappa shape index (κ1) is 16.8. The largest absolute Gasteiger partial charge is 0.460 e. The summed E-state index contributed by atoms with van der Waals surface area (Å²) in [6.45, 7) is 0. The highest BCUT2D eigenvalue weighted by Crippen LogP contribution is 2.55. The molecule has 0 saturated heterocycles. The molecule has 0 spiro atoms. The third-order valence-corrected chi connectivity index (χ3v) is 1.59. The summed E-state index contributed by atoms with van der Waals surface area (Å²) in [7, 11) is 0. The maximum Gasteiger partial charge on any atom is 0.460 e. The number of alkyl halides is 9. The molecule has 0 fully saturated rings. The second kappa shape index (κ2) is 4.16. The normalized spacial score (nSPS) is 16.6. The molecule has 0 atom stereocenters. The highest BCUT2D eigenvalue weighted by Gasteiger charge is 2.83. The first-order valence-corrected chi connectivity index (χ1v) is 3.53. The van der Waals surface area contributed by atoms with Crippen molar-refractivity contribution in [3.63, 3.8) is 0 Å². The van der Waals surface area contributed by atoms with Crippen molar-refractivity contribution in [1.82, 2.24) is 0 Å². The fraction of sp³-hybridized carbons (Fsp3) is 0.667. The van der Waals surface area contributed by atoms with Crippen LogP contribution in [0, 0.1) is 0 Å². The number of hydrogen-bond donors (Lipinski definition) is 0. The SMILES string of the molecule is [O]C(F)=C(F)C(F)(F)C(F)(F)C(F)(F)C(F)(F)F. The Hall–Kier alpha value is -1.23. The fourth-order valence-electron chi connectivity index (χ4n) is 0.636. The summed E-state index contributed by atoms with van der Waals surface area (Å²) in [4.78, 5) is 0. The lowest BCUT2D eigenvalue weighted by Crippen LogP contribution is -2.61. The van der Waals surface area contributed by atoms with Crippen molar-refractivity contribution in [2.24, 2.45) is 0 Å². The van der Waals surface area contributed by atoms with Crippen LogP contribution in [0.1, 0.15) is 0 Å². The smallest absolute Gasteiger partial charge is 0.253 e. The van der Waals surface area contributed by atoms with Crippen LogP contribution in [0.2, 0.25) is 0 Å². The lowest BCUT2D eigenvalue weighted by Gasteiger charge is -2.32. The molecule has 18 heavy (non-hydrogen) atoms. The molecule has 0 bridgehead atoms. The molecule has 0 saturated carbocycles. The lowest BCUT2D eigenvalue weighted by molar-refractivity contribution is -0.392. The third kappa shape index (κ3) is 2.19. The molecule has 0 amide bonds. The molecule has 0 unspecified atom stereocenters. The van der Waals surface area contributed by atoms with E-state index >= 15 is 0 Å². The van der Waals surface area contributed by atoms with Gasteiger partial charge >= 0.3 is 30.0 Å². The molecule has 0 N–H and O–H groups in total. The maximum atomic E-state index is 12.3. The predicted molar refractivity (Wildman–Crippen MR) is 30.8 cm³/mol. The van der Waals surface area contributed by atoms with Gasteiger partial charge in [-0.3, -0.25) is 5.11 Å². The number of hydrogen-bond acceptors (Lipinski definition) is 0. The molecule has 0 aromatic heterocycles. The Balaban J connectivity index is 5.88. The Bertz CT molecular complexity index is 347. The van der Waals surface area contributed by atoms with Crippen LogP contribution in [0.4, 0.5) is 48.3 Å². The molecule has 12 heteroatoms. The van der Waals surface area contributed by atoms with Gasteiger partial charge in [0.2, 0.25) is 0 Å². The van der Waals surface area contributed by atoms with E-state index in [0.29, 0.717) is 0 Å². The van der Waals surface area contributed by atoms with E-state index in [9.17, 15) is 53.4 Å². The zero-order chi connectivity index (χ0) is 15.2. The number of halogens is 11. The van der Waals surface area contributed by atoms with Gasteiger partial charge in [0.1, 0.15) is 0 Å². The monoisotopic (exact) mass is 297 g/mol. The Morgan fingerprint density at radius 2 is 1.00 bits per heavy atom. The quantitative estimate of drug-likeness (QED) is 0.554. The van der Waals surface area contributed by atoms with Crippen LogP contribution in [0.3, 0.4) is 0 Å². The molecule has 0 aliphatic carbocycles. The molecule has 0 aliphatic rings. The van der Waals surface area contributed by atoms with Gasteiger partial charge in [-0.05, 0) is 0 Å². The molecule has 107 valence electrons.